The van der Waals surface area contributed by atoms with Crippen molar-refractivity contribution in [3.63, 3.8) is 0 Å². The quantitative estimate of drug-likeness (QED) is 0.572. The molecule has 9 rings (SSSR count). The average molecular weight is 400 g/mol. The number of carbonyl (C=O) groups is 1. The summed E-state index contributed by atoms with van der Waals surface area (Å²) in [5, 5.41) is 11.6. The number of rotatable bonds is 2. The van der Waals surface area contributed by atoms with Crippen LogP contribution in [0.2, 0.25) is 0 Å². The van der Waals surface area contributed by atoms with E-state index in [1.54, 1.807) is 0 Å². The second kappa shape index (κ2) is 4.94. The van der Waals surface area contributed by atoms with Gasteiger partial charge in [-0.15, -0.1) is 0 Å². The number of fused-ring (bicyclic) bond motifs is 2. The van der Waals surface area contributed by atoms with E-state index in [1.165, 1.54) is 19.8 Å². The normalized spacial score (nSPS) is 63.3. The second-order valence-corrected chi connectivity index (χ2v) is 11.5. The van der Waals surface area contributed by atoms with Crippen molar-refractivity contribution in [3.05, 3.63) is 12.2 Å². The molecule has 4 aliphatic heterocycles. The number of ether oxygens (including phenoxy) is 2. The summed E-state index contributed by atoms with van der Waals surface area (Å²) in [5.41, 5.74) is 1.15. The molecule has 9 fully saturated rings. The fourth-order valence-corrected chi connectivity index (χ4v) is 10.8. The van der Waals surface area contributed by atoms with Gasteiger partial charge in [-0.1, -0.05) is 20.4 Å². The number of hydrogen-bond donors (Lipinski definition) is 1. The van der Waals surface area contributed by atoms with Crippen LogP contribution in [0.3, 0.4) is 0 Å². The number of aliphatic hydroxyl groups excluding tert-OH is 1. The van der Waals surface area contributed by atoms with Crippen molar-refractivity contribution < 1.29 is 19.4 Å². The maximum absolute atomic E-state index is 11.9. The topological polar surface area (TPSA) is 59.0 Å². The molecule has 9 aliphatic rings. The number of carbonyl (C=O) groups excluding carboxylic acids is 1. The molecule has 158 valence electrons. The minimum Gasteiger partial charge on any atom is -0.462 e. The van der Waals surface area contributed by atoms with E-state index in [2.05, 4.69) is 25.3 Å². The van der Waals surface area contributed by atoms with Crippen LogP contribution in [0.5, 0.6) is 0 Å². The molecule has 12 atom stereocenters. The lowest BCUT2D eigenvalue weighted by Crippen LogP contribution is -2.78. The highest BCUT2D eigenvalue weighted by atomic mass is 16.5. The predicted molar refractivity (Wildman–Crippen MR) is 106 cm³/mol. The Morgan fingerprint density at radius 1 is 1.38 bits per heavy atom. The number of piperidine rings is 1. The minimum atomic E-state index is -0.465. The van der Waals surface area contributed by atoms with E-state index in [9.17, 15) is 9.90 Å². The second-order valence-electron chi connectivity index (χ2n) is 11.5. The molecule has 5 heteroatoms. The molecule has 0 aromatic rings. The zero-order valence-corrected chi connectivity index (χ0v) is 17.8. The molecule has 4 saturated heterocycles. The third kappa shape index (κ3) is 1.52. The van der Waals surface area contributed by atoms with Gasteiger partial charge in [-0.25, -0.2) is 0 Å². The van der Waals surface area contributed by atoms with Crippen LogP contribution in [-0.4, -0.2) is 53.1 Å². The van der Waals surface area contributed by atoms with Gasteiger partial charge in [0.05, 0.1) is 12.2 Å². The Labute approximate surface area is 172 Å². The fraction of sp³-hybridized carbons (Fsp3) is 0.875. The molecule has 5 nitrogen and oxygen atoms in total. The van der Waals surface area contributed by atoms with Gasteiger partial charge in [-0.2, -0.15) is 0 Å². The Bertz CT molecular complexity index is 843. The van der Waals surface area contributed by atoms with Gasteiger partial charge in [0, 0.05) is 35.1 Å². The maximum atomic E-state index is 11.9. The van der Waals surface area contributed by atoms with Gasteiger partial charge >= 0.3 is 5.97 Å². The lowest BCUT2D eigenvalue weighted by Gasteiger charge is -2.73. The van der Waals surface area contributed by atoms with Gasteiger partial charge < -0.3 is 14.6 Å². The van der Waals surface area contributed by atoms with Crippen LogP contribution in [0.15, 0.2) is 12.2 Å². The molecule has 0 unspecified atom stereocenters. The minimum absolute atomic E-state index is 0.0912. The molecule has 0 radical (unpaired) electrons. The first-order valence-corrected chi connectivity index (χ1v) is 11.8. The van der Waals surface area contributed by atoms with Gasteiger partial charge in [0.25, 0.3) is 0 Å². The molecule has 4 heterocycles. The smallest absolute Gasteiger partial charge is 0.302 e. The lowest BCUT2D eigenvalue weighted by molar-refractivity contribution is -0.372. The first kappa shape index (κ1) is 17.7. The Kier molecular flexibility index (Phi) is 3.02. The zero-order chi connectivity index (χ0) is 20.1. The van der Waals surface area contributed by atoms with Crippen molar-refractivity contribution >= 4 is 5.97 Å². The predicted octanol–water partition coefficient (Wildman–Crippen LogP) is 2.73. The van der Waals surface area contributed by atoms with E-state index in [0.29, 0.717) is 29.9 Å². The standard InChI is InChI=1S/C24H33NO4/c1-5-25-19-14-8-16-22(4)7-6-18(29-21(22)25)24(16,19)17-9-15(28-12(3)26)13-10-23(14,17)20(27)11(13)2/h13-21,27H,2,5-10H2,1,3-4H3/t13-,14+,15-,16-,17-,18+,19-,20-,21-,22-,23+,24+/m1/s1. The maximum Gasteiger partial charge on any atom is 0.302 e. The Morgan fingerprint density at radius 2 is 2.17 bits per heavy atom. The van der Waals surface area contributed by atoms with Crippen molar-refractivity contribution in [1.29, 1.82) is 0 Å². The molecule has 9 bridgehead atoms. The van der Waals surface area contributed by atoms with Crippen molar-refractivity contribution in [1.82, 2.24) is 4.90 Å². The van der Waals surface area contributed by atoms with Crippen LogP contribution in [0.4, 0.5) is 0 Å². The van der Waals surface area contributed by atoms with Crippen LogP contribution in [0, 0.1) is 39.9 Å². The Morgan fingerprint density at radius 3 is 2.90 bits per heavy atom. The van der Waals surface area contributed by atoms with Gasteiger partial charge in [-0.3, -0.25) is 9.69 Å². The van der Waals surface area contributed by atoms with Crippen molar-refractivity contribution in [3.8, 4) is 0 Å². The number of esters is 1. The SMILES string of the molecule is C=C1[C@H]2C[C@@]3([C@@H]1O)[C@@H](C[C@H]2OC(C)=O)[C@]12[C@@H]4CC[C@]5(C)[C@H]1C[C@H]3[C@H]2N(CC)[C@@H]5O4. The van der Waals surface area contributed by atoms with Gasteiger partial charge in [0.1, 0.15) is 12.3 Å². The van der Waals surface area contributed by atoms with Gasteiger partial charge in [0.2, 0.25) is 0 Å². The van der Waals surface area contributed by atoms with Crippen LogP contribution in [0.1, 0.15) is 52.9 Å². The first-order valence-electron chi connectivity index (χ1n) is 11.8. The summed E-state index contributed by atoms with van der Waals surface area (Å²) >= 11 is 0. The summed E-state index contributed by atoms with van der Waals surface area (Å²) in [6, 6.07) is 0.511. The third-order valence-corrected chi connectivity index (χ3v) is 11.3. The van der Waals surface area contributed by atoms with Crippen molar-refractivity contribution in [2.75, 3.05) is 6.54 Å². The Hall–Kier alpha value is -0.910. The highest BCUT2D eigenvalue weighted by molar-refractivity contribution is 5.66. The summed E-state index contributed by atoms with van der Waals surface area (Å²) in [6.07, 6.45) is 5.41. The molecule has 5 aliphatic carbocycles. The van der Waals surface area contributed by atoms with Crippen molar-refractivity contribution in [2.45, 2.75) is 83.5 Å². The zero-order valence-electron chi connectivity index (χ0n) is 17.8. The summed E-state index contributed by atoms with van der Waals surface area (Å²) < 4.78 is 12.7. The lowest BCUT2D eigenvalue weighted by atomic mass is 9.41. The molecular formula is C24H33NO4. The summed E-state index contributed by atoms with van der Waals surface area (Å²) in [6.45, 7) is 11.6. The molecule has 2 spiro atoms. The van der Waals surface area contributed by atoms with Crippen molar-refractivity contribution in [2.24, 2.45) is 39.9 Å². The molecule has 0 amide bonds. The summed E-state index contributed by atoms with van der Waals surface area (Å²) in [4.78, 5) is 14.6. The summed E-state index contributed by atoms with van der Waals surface area (Å²) in [7, 11) is 0. The summed E-state index contributed by atoms with van der Waals surface area (Å²) in [5.74, 6) is 1.46. The first-order chi connectivity index (χ1) is 13.8. The molecule has 0 aromatic carbocycles. The van der Waals surface area contributed by atoms with E-state index in [1.807, 2.05) is 0 Å². The monoisotopic (exact) mass is 399 g/mol. The van der Waals surface area contributed by atoms with Crippen LogP contribution in [0.25, 0.3) is 0 Å². The molecule has 5 saturated carbocycles. The molecule has 1 N–H and O–H groups in total. The average Bonchev–Trinajstić information content (AvgIpc) is 3.22. The highest BCUT2D eigenvalue weighted by Gasteiger charge is 2.89. The third-order valence-electron chi connectivity index (χ3n) is 11.3. The van der Waals surface area contributed by atoms with E-state index in [0.717, 1.165) is 31.4 Å². The molecular weight excluding hydrogens is 366 g/mol. The van der Waals surface area contributed by atoms with E-state index in [-0.39, 0.29) is 40.5 Å². The number of hydrogen-bond acceptors (Lipinski definition) is 5. The van der Waals surface area contributed by atoms with Crippen LogP contribution < -0.4 is 0 Å². The van der Waals surface area contributed by atoms with E-state index in [4.69, 9.17) is 9.47 Å². The number of aliphatic hydroxyl groups is 1. The van der Waals surface area contributed by atoms with Crippen LogP contribution in [-0.2, 0) is 14.3 Å². The molecule has 0 aromatic heterocycles. The fourth-order valence-electron chi connectivity index (χ4n) is 10.8. The Balaban J connectivity index is 1.44. The molecule has 29 heavy (non-hydrogen) atoms. The highest BCUT2D eigenvalue weighted by Crippen LogP contribution is 2.86. The van der Waals surface area contributed by atoms with Gasteiger partial charge in [0.15, 0.2) is 0 Å². The van der Waals surface area contributed by atoms with E-state index >= 15 is 0 Å². The van der Waals surface area contributed by atoms with Crippen LogP contribution >= 0.6 is 0 Å². The van der Waals surface area contributed by atoms with Gasteiger partial charge in [-0.05, 0) is 62.0 Å². The van der Waals surface area contributed by atoms with E-state index < -0.39 is 6.10 Å². The largest absolute Gasteiger partial charge is 0.462 e. The number of nitrogens with zero attached hydrogens (tertiary/aromatic N) is 1.